The van der Waals surface area contributed by atoms with Crippen LogP contribution in [-0.2, 0) is 0 Å². The average Bonchev–Trinajstić information content (AvgIpc) is 2.48. The van der Waals surface area contributed by atoms with E-state index >= 15 is 0 Å². The Balaban J connectivity index is 1.95. The second-order valence-corrected chi connectivity index (χ2v) is 4.58. The van der Waals surface area contributed by atoms with Crippen LogP contribution in [0.15, 0.2) is 58.9 Å². The first-order valence-electron chi connectivity index (χ1n) is 6.45. The lowest BCUT2D eigenvalue weighted by molar-refractivity contribution is 0.774. The Hall–Kier alpha value is -2.32. The van der Waals surface area contributed by atoms with Gasteiger partial charge in [-0.15, -0.1) is 5.11 Å². The summed E-state index contributed by atoms with van der Waals surface area (Å²) < 4.78 is 0. The van der Waals surface area contributed by atoms with E-state index in [9.17, 15) is 0 Å². The van der Waals surface area contributed by atoms with E-state index in [0.29, 0.717) is 5.69 Å². The summed E-state index contributed by atoms with van der Waals surface area (Å²) in [4.78, 5) is 0. The van der Waals surface area contributed by atoms with E-state index in [0.717, 1.165) is 16.8 Å². The fraction of sp³-hybridized carbons (Fsp3) is 0.143. The van der Waals surface area contributed by atoms with Crippen LogP contribution in [0.25, 0.3) is 0 Å². The largest absolute Gasteiger partial charge is 0.312 e. The van der Waals surface area contributed by atoms with Crippen molar-refractivity contribution in [2.24, 2.45) is 33.3 Å². The molecule has 0 spiro atoms. The summed E-state index contributed by atoms with van der Waals surface area (Å²) in [7, 11) is 0. The molecule has 0 heterocycles. The fourth-order valence-corrected chi connectivity index (χ4v) is 1.68. The number of nitrogens with two attached hydrogens (primary N) is 4. The van der Waals surface area contributed by atoms with E-state index in [2.05, 4.69) is 15.8 Å². The van der Waals surface area contributed by atoms with Crippen molar-refractivity contribution in [3.63, 3.8) is 0 Å². The first-order valence-corrected chi connectivity index (χ1v) is 6.45. The lowest BCUT2D eigenvalue weighted by Crippen LogP contribution is -2.19. The van der Waals surface area contributed by atoms with Crippen LogP contribution in [0.2, 0.25) is 0 Å². The molecule has 110 valence electrons. The molecule has 7 heteroatoms. The highest BCUT2D eigenvalue weighted by molar-refractivity contribution is 5.44. The Morgan fingerprint density at radius 1 is 0.714 bits per heavy atom. The molecule has 9 N–H and O–H groups in total. The molecule has 0 aliphatic heterocycles. The van der Waals surface area contributed by atoms with E-state index in [4.69, 9.17) is 22.9 Å². The number of nitrogens with zero attached hydrogens (tertiary/aromatic N) is 2. The van der Waals surface area contributed by atoms with Crippen LogP contribution in [0.5, 0.6) is 0 Å². The Morgan fingerprint density at radius 2 is 1.19 bits per heavy atom. The first-order chi connectivity index (χ1) is 10.1. The quantitative estimate of drug-likeness (QED) is 0.322. The molecule has 2 aromatic carbocycles. The van der Waals surface area contributed by atoms with Gasteiger partial charge in [0.25, 0.3) is 0 Å². The molecular formula is C14H19N7. The van der Waals surface area contributed by atoms with Gasteiger partial charge in [-0.2, -0.15) is 0 Å². The molecule has 0 aromatic heterocycles. The van der Waals surface area contributed by atoms with Gasteiger partial charge in [-0.05, 0) is 35.4 Å². The van der Waals surface area contributed by atoms with Crippen molar-refractivity contribution >= 4 is 11.4 Å². The molecule has 7 nitrogen and oxygen atoms in total. The van der Waals surface area contributed by atoms with Gasteiger partial charge in [-0.25, -0.2) is 0 Å². The highest BCUT2D eigenvalue weighted by atomic mass is 15.4. The van der Waals surface area contributed by atoms with Crippen LogP contribution < -0.4 is 28.4 Å². The van der Waals surface area contributed by atoms with Crippen LogP contribution in [0.1, 0.15) is 23.5 Å². The van der Waals surface area contributed by atoms with Gasteiger partial charge in [0.15, 0.2) is 0 Å². The molecule has 0 bridgehead atoms. The van der Waals surface area contributed by atoms with Crippen LogP contribution in [0, 0.1) is 0 Å². The molecule has 0 fully saturated rings. The molecule has 0 atom stereocenters. The predicted molar refractivity (Wildman–Crippen MR) is 83.3 cm³/mol. The highest BCUT2D eigenvalue weighted by Gasteiger charge is 1.99. The minimum atomic E-state index is -0.485. The number of rotatable bonds is 5. The Labute approximate surface area is 123 Å². The fourth-order valence-electron chi connectivity index (χ4n) is 1.68. The second-order valence-electron chi connectivity index (χ2n) is 4.58. The average molecular weight is 285 g/mol. The molecule has 0 aliphatic carbocycles. The molecule has 0 unspecified atom stereocenters. The van der Waals surface area contributed by atoms with Crippen molar-refractivity contribution < 1.29 is 0 Å². The summed E-state index contributed by atoms with van der Waals surface area (Å²) in [6, 6.07) is 14.6. The zero-order valence-corrected chi connectivity index (χ0v) is 11.5. The van der Waals surface area contributed by atoms with Crippen molar-refractivity contribution in [2.45, 2.75) is 12.3 Å². The van der Waals surface area contributed by atoms with Gasteiger partial charge in [0.2, 0.25) is 0 Å². The molecular weight excluding hydrogens is 266 g/mol. The monoisotopic (exact) mass is 285 g/mol. The second kappa shape index (κ2) is 6.91. The minimum Gasteiger partial charge on any atom is -0.312 e. The molecule has 21 heavy (non-hydrogen) atoms. The molecule has 2 rings (SSSR count). The van der Waals surface area contributed by atoms with Crippen LogP contribution >= 0.6 is 0 Å². The van der Waals surface area contributed by atoms with Crippen LogP contribution in [-0.4, -0.2) is 0 Å². The standard InChI is InChI=1S/C14H19N7/c15-13(16)9-1-5-11(6-2-9)19-21-20-12-7-3-10(4-8-12)14(17)18/h1-8,13-14H,15-18H2,(H,19,20). The Bertz CT molecular complexity index is 588. The van der Waals surface area contributed by atoms with Gasteiger partial charge in [-0.3, -0.25) is 5.43 Å². The Morgan fingerprint density at radius 3 is 1.67 bits per heavy atom. The van der Waals surface area contributed by atoms with Crippen molar-refractivity contribution in [1.82, 2.24) is 0 Å². The van der Waals surface area contributed by atoms with E-state index in [1.807, 2.05) is 36.4 Å². The molecule has 2 aromatic rings. The first kappa shape index (κ1) is 15.1. The van der Waals surface area contributed by atoms with Crippen molar-refractivity contribution in [1.29, 1.82) is 0 Å². The van der Waals surface area contributed by atoms with Crippen LogP contribution in [0.4, 0.5) is 11.4 Å². The number of benzene rings is 2. The van der Waals surface area contributed by atoms with Crippen molar-refractivity contribution in [3.8, 4) is 0 Å². The van der Waals surface area contributed by atoms with Crippen molar-refractivity contribution in [2.75, 3.05) is 5.43 Å². The van der Waals surface area contributed by atoms with Gasteiger partial charge in [0.1, 0.15) is 0 Å². The van der Waals surface area contributed by atoms with Crippen molar-refractivity contribution in [3.05, 3.63) is 59.7 Å². The molecule has 0 saturated carbocycles. The van der Waals surface area contributed by atoms with Gasteiger partial charge in [0, 0.05) is 0 Å². The number of anilines is 1. The summed E-state index contributed by atoms with van der Waals surface area (Å²) in [5.74, 6) is 0. The maximum Gasteiger partial charge on any atom is 0.0874 e. The summed E-state index contributed by atoms with van der Waals surface area (Å²) in [6.45, 7) is 0. The SMILES string of the molecule is NC(N)c1ccc(N=NNc2ccc(C(N)N)cc2)cc1. The van der Waals surface area contributed by atoms with Gasteiger partial charge >= 0.3 is 0 Å². The van der Waals surface area contributed by atoms with Gasteiger partial charge in [0.05, 0.1) is 23.7 Å². The normalized spacial score (nSPS) is 11.5. The number of nitrogens with one attached hydrogen (secondary N) is 1. The predicted octanol–water partition coefficient (Wildman–Crippen LogP) is 1.63. The van der Waals surface area contributed by atoms with Gasteiger partial charge in [-0.1, -0.05) is 29.5 Å². The molecule has 0 radical (unpaired) electrons. The van der Waals surface area contributed by atoms with E-state index in [-0.39, 0.29) is 0 Å². The van der Waals surface area contributed by atoms with E-state index < -0.39 is 12.3 Å². The van der Waals surface area contributed by atoms with Gasteiger partial charge < -0.3 is 22.9 Å². The van der Waals surface area contributed by atoms with E-state index in [1.54, 1.807) is 12.1 Å². The summed E-state index contributed by atoms with van der Waals surface area (Å²) >= 11 is 0. The zero-order valence-electron chi connectivity index (χ0n) is 11.5. The lowest BCUT2D eigenvalue weighted by atomic mass is 10.2. The zero-order chi connectivity index (χ0) is 15.2. The third kappa shape index (κ3) is 4.33. The summed E-state index contributed by atoms with van der Waals surface area (Å²) in [5.41, 5.74) is 28.3. The summed E-state index contributed by atoms with van der Waals surface area (Å²) in [5, 5.41) is 7.95. The van der Waals surface area contributed by atoms with Crippen LogP contribution in [0.3, 0.4) is 0 Å². The highest BCUT2D eigenvalue weighted by Crippen LogP contribution is 2.16. The minimum absolute atomic E-state index is 0.479. The third-order valence-corrected chi connectivity index (χ3v) is 2.92. The number of hydrogen-bond donors (Lipinski definition) is 5. The third-order valence-electron chi connectivity index (χ3n) is 2.92. The smallest absolute Gasteiger partial charge is 0.0874 e. The maximum absolute atomic E-state index is 5.57. The molecule has 0 amide bonds. The molecule has 0 aliphatic rings. The lowest BCUT2D eigenvalue weighted by Gasteiger charge is -2.06. The Kier molecular flexibility index (Phi) is 4.96. The van der Waals surface area contributed by atoms with E-state index in [1.165, 1.54) is 0 Å². The molecule has 0 saturated heterocycles. The summed E-state index contributed by atoms with van der Waals surface area (Å²) in [6.07, 6.45) is -0.963. The topological polar surface area (TPSA) is 141 Å². The maximum atomic E-state index is 5.57. The number of hydrogen-bond acceptors (Lipinski definition) is 6.